The normalized spacial score (nSPS) is 21.0. The number of nitrogens with one attached hydrogen (secondary N) is 1. The van der Waals surface area contributed by atoms with Gasteiger partial charge in [0, 0.05) is 13.2 Å². The van der Waals surface area contributed by atoms with Gasteiger partial charge >= 0.3 is 0 Å². The van der Waals surface area contributed by atoms with E-state index in [-0.39, 0.29) is 0 Å². The van der Waals surface area contributed by atoms with Crippen molar-refractivity contribution in [1.82, 2.24) is 5.32 Å². The van der Waals surface area contributed by atoms with E-state index in [1.165, 1.54) is 38.6 Å². The first-order valence-corrected chi connectivity index (χ1v) is 6.09. The third-order valence-electron chi connectivity index (χ3n) is 3.20. The predicted octanol–water partition coefficient (Wildman–Crippen LogP) is 2.44. The van der Waals surface area contributed by atoms with E-state index in [1.54, 1.807) is 0 Å². The number of rotatable bonds is 6. The van der Waals surface area contributed by atoms with Gasteiger partial charge in [-0.1, -0.05) is 13.3 Å². The van der Waals surface area contributed by atoms with Gasteiger partial charge < -0.3 is 10.1 Å². The van der Waals surface area contributed by atoms with E-state index in [1.807, 2.05) is 0 Å². The minimum Gasteiger partial charge on any atom is -0.381 e. The van der Waals surface area contributed by atoms with Crippen molar-refractivity contribution < 1.29 is 4.74 Å². The second-order valence-corrected chi connectivity index (χ2v) is 4.50. The summed E-state index contributed by atoms with van der Waals surface area (Å²) in [5.74, 6) is 1.81. The molecule has 1 rings (SSSR count). The van der Waals surface area contributed by atoms with Gasteiger partial charge in [-0.15, -0.1) is 0 Å². The Hall–Kier alpha value is -0.0800. The molecule has 1 saturated heterocycles. The Balaban J connectivity index is 2.21. The lowest BCUT2D eigenvalue weighted by Crippen LogP contribution is -2.24. The van der Waals surface area contributed by atoms with Crippen molar-refractivity contribution >= 4 is 0 Å². The highest BCUT2D eigenvalue weighted by atomic mass is 16.5. The van der Waals surface area contributed by atoms with Crippen molar-refractivity contribution in [3.63, 3.8) is 0 Å². The van der Waals surface area contributed by atoms with Gasteiger partial charge in [-0.3, -0.25) is 0 Å². The van der Waals surface area contributed by atoms with Crippen molar-refractivity contribution in [1.29, 1.82) is 0 Å². The second kappa shape index (κ2) is 7.24. The molecule has 2 heteroatoms. The van der Waals surface area contributed by atoms with Gasteiger partial charge in [-0.05, 0) is 51.1 Å². The highest BCUT2D eigenvalue weighted by Gasteiger charge is 2.18. The summed E-state index contributed by atoms with van der Waals surface area (Å²) < 4.78 is 5.39. The zero-order valence-electron chi connectivity index (χ0n) is 9.72. The summed E-state index contributed by atoms with van der Waals surface area (Å²) in [6.07, 6.45) is 6.65. The first kappa shape index (κ1) is 12.0. The summed E-state index contributed by atoms with van der Waals surface area (Å²) in [5, 5.41) is 3.31. The van der Waals surface area contributed by atoms with Crippen LogP contribution in [0.4, 0.5) is 0 Å². The topological polar surface area (TPSA) is 21.3 Å². The standard InChI is InChI=1S/C12H25NO/c1-3-4-12(10-13-2)9-11-5-7-14-8-6-11/h11-13H,3-10H2,1-2H3. The zero-order valence-corrected chi connectivity index (χ0v) is 9.72. The van der Waals surface area contributed by atoms with Crippen LogP contribution in [0.1, 0.15) is 39.0 Å². The molecule has 0 amide bonds. The van der Waals surface area contributed by atoms with E-state index < -0.39 is 0 Å². The van der Waals surface area contributed by atoms with Crippen molar-refractivity contribution in [3.05, 3.63) is 0 Å². The third-order valence-corrected chi connectivity index (χ3v) is 3.20. The zero-order chi connectivity index (χ0) is 10.2. The Morgan fingerprint density at radius 3 is 2.64 bits per heavy atom. The first-order chi connectivity index (χ1) is 6.86. The maximum Gasteiger partial charge on any atom is 0.0468 e. The number of hydrogen-bond acceptors (Lipinski definition) is 2. The molecule has 0 spiro atoms. The molecule has 14 heavy (non-hydrogen) atoms. The van der Waals surface area contributed by atoms with Crippen LogP contribution in [0.15, 0.2) is 0 Å². The number of ether oxygens (including phenoxy) is 1. The van der Waals surface area contributed by atoms with Gasteiger partial charge in [0.2, 0.25) is 0 Å². The molecule has 0 bridgehead atoms. The summed E-state index contributed by atoms with van der Waals surface area (Å²) in [6.45, 7) is 5.45. The lowest BCUT2D eigenvalue weighted by Gasteiger charge is -2.26. The Labute approximate surface area is 88.4 Å². The van der Waals surface area contributed by atoms with Gasteiger partial charge in [0.05, 0.1) is 0 Å². The molecule has 0 saturated carbocycles. The molecule has 1 fully saturated rings. The Morgan fingerprint density at radius 2 is 2.07 bits per heavy atom. The maximum absolute atomic E-state index is 5.39. The molecule has 0 aliphatic carbocycles. The molecular weight excluding hydrogens is 174 g/mol. The van der Waals surface area contributed by atoms with Gasteiger partial charge in [0.1, 0.15) is 0 Å². The molecule has 0 aromatic carbocycles. The van der Waals surface area contributed by atoms with E-state index in [2.05, 4.69) is 19.3 Å². The van der Waals surface area contributed by atoms with E-state index in [9.17, 15) is 0 Å². The van der Waals surface area contributed by atoms with Crippen LogP contribution in [-0.4, -0.2) is 26.8 Å². The first-order valence-electron chi connectivity index (χ1n) is 6.09. The summed E-state index contributed by atoms with van der Waals surface area (Å²) in [7, 11) is 2.06. The summed E-state index contributed by atoms with van der Waals surface area (Å²) >= 11 is 0. The molecule has 1 aliphatic rings. The van der Waals surface area contributed by atoms with Crippen LogP contribution in [0.5, 0.6) is 0 Å². The number of hydrogen-bond donors (Lipinski definition) is 1. The lowest BCUT2D eigenvalue weighted by atomic mass is 9.86. The van der Waals surface area contributed by atoms with E-state index in [0.717, 1.165) is 25.0 Å². The maximum atomic E-state index is 5.39. The molecule has 1 unspecified atom stereocenters. The SMILES string of the molecule is CCCC(CNC)CC1CCOCC1. The average Bonchev–Trinajstić information content (AvgIpc) is 2.20. The molecule has 1 heterocycles. The predicted molar refractivity (Wildman–Crippen MR) is 60.5 cm³/mol. The van der Waals surface area contributed by atoms with Gasteiger partial charge in [-0.25, -0.2) is 0 Å². The molecule has 1 atom stereocenters. The molecule has 0 aromatic heterocycles. The fraction of sp³-hybridized carbons (Fsp3) is 1.00. The highest BCUT2D eigenvalue weighted by molar-refractivity contribution is 4.70. The highest BCUT2D eigenvalue weighted by Crippen LogP contribution is 2.24. The van der Waals surface area contributed by atoms with Gasteiger partial charge in [0.15, 0.2) is 0 Å². The monoisotopic (exact) mass is 199 g/mol. The van der Waals surface area contributed by atoms with E-state index >= 15 is 0 Å². The van der Waals surface area contributed by atoms with Gasteiger partial charge in [-0.2, -0.15) is 0 Å². The summed E-state index contributed by atoms with van der Waals surface area (Å²) in [6, 6.07) is 0. The molecule has 1 aliphatic heterocycles. The molecule has 84 valence electrons. The second-order valence-electron chi connectivity index (χ2n) is 4.50. The van der Waals surface area contributed by atoms with E-state index in [0.29, 0.717) is 0 Å². The fourth-order valence-electron chi connectivity index (χ4n) is 2.45. The van der Waals surface area contributed by atoms with Crippen molar-refractivity contribution in [2.75, 3.05) is 26.8 Å². The fourth-order valence-corrected chi connectivity index (χ4v) is 2.45. The van der Waals surface area contributed by atoms with Gasteiger partial charge in [0.25, 0.3) is 0 Å². The van der Waals surface area contributed by atoms with Crippen LogP contribution in [0.25, 0.3) is 0 Å². The minimum atomic E-state index is 0.882. The van der Waals surface area contributed by atoms with Crippen LogP contribution >= 0.6 is 0 Å². The molecular formula is C12H25NO. The molecule has 1 N–H and O–H groups in total. The van der Waals surface area contributed by atoms with Crippen LogP contribution < -0.4 is 5.32 Å². The van der Waals surface area contributed by atoms with Crippen molar-refractivity contribution in [3.8, 4) is 0 Å². The largest absolute Gasteiger partial charge is 0.381 e. The summed E-state index contributed by atoms with van der Waals surface area (Å²) in [4.78, 5) is 0. The smallest absolute Gasteiger partial charge is 0.0468 e. The van der Waals surface area contributed by atoms with Crippen LogP contribution in [0.2, 0.25) is 0 Å². The lowest BCUT2D eigenvalue weighted by molar-refractivity contribution is 0.0581. The van der Waals surface area contributed by atoms with Crippen LogP contribution in [-0.2, 0) is 4.74 Å². The Kier molecular flexibility index (Phi) is 6.20. The molecule has 0 radical (unpaired) electrons. The molecule has 2 nitrogen and oxygen atoms in total. The van der Waals surface area contributed by atoms with Crippen molar-refractivity contribution in [2.45, 2.75) is 39.0 Å². The third kappa shape index (κ3) is 4.43. The minimum absolute atomic E-state index is 0.882. The van der Waals surface area contributed by atoms with E-state index in [4.69, 9.17) is 4.74 Å². The summed E-state index contributed by atoms with van der Waals surface area (Å²) in [5.41, 5.74) is 0. The Morgan fingerprint density at radius 1 is 1.36 bits per heavy atom. The average molecular weight is 199 g/mol. The van der Waals surface area contributed by atoms with Crippen molar-refractivity contribution in [2.24, 2.45) is 11.8 Å². The molecule has 0 aromatic rings. The Bertz CT molecular complexity index is 126. The quantitative estimate of drug-likeness (QED) is 0.709. The van der Waals surface area contributed by atoms with Crippen LogP contribution in [0, 0.1) is 11.8 Å². The van der Waals surface area contributed by atoms with Crippen LogP contribution in [0.3, 0.4) is 0 Å².